The van der Waals surface area contributed by atoms with Gasteiger partial charge in [-0.15, -0.1) is 11.3 Å². The van der Waals surface area contributed by atoms with Gasteiger partial charge in [0.15, 0.2) is 10.9 Å². The third-order valence-corrected chi connectivity index (χ3v) is 4.06. The smallest absolute Gasteiger partial charge is 0.417 e. The molecule has 0 unspecified atom stereocenters. The molecule has 124 valence electrons. The number of thiazole rings is 1. The Kier molecular flexibility index (Phi) is 4.33. The van der Waals surface area contributed by atoms with E-state index in [2.05, 4.69) is 10.3 Å². The van der Waals surface area contributed by atoms with E-state index in [4.69, 9.17) is 16.0 Å². The van der Waals surface area contributed by atoms with E-state index in [-0.39, 0.29) is 17.1 Å². The van der Waals surface area contributed by atoms with Crippen LogP contribution in [0.2, 0.25) is 5.02 Å². The molecular weight excluding hydrogens is 365 g/mol. The summed E-state index contributed by atoms with van der Waals surface area (Å²) in [5.74, 6) is -0.452. The van der Waals surface area contributed by atoms with Crippen LogP contribution in [0.3, 0.4) is 0 Å². The lowest BCUT2D eigenvalue weighted by atomic mass is 10.1. The number of hydrogen-bond donors (Lipinski definition) is 1. The summed E-state index contributed by atoms with van der Waals surface area (Å²) in [6, 6.07) is 6.19. The van der Waals surface area contributed by atoms with Crippen LogP contribution in [0.15, 0.2) is 46.3 Å². The Hall–Kier alpha value is -2.32. The van der Waals surface area contributed by atoms with Crippen LogP contribution in [0.1, 0.15) is 16.1 Å². The molecule has 2 heterocycles. The number of alkyl halides is 3. The maximum absolute atomic E-state index is 12.9. The lowest BCUT2D eigenvalue weighted by Crippen LogP contribution is -2.10. The van der Waals surface area contributed by atoms with E-state index in [9.17, 15) is 18.0 Å². The Morgan fingerprint density at radius 1 is 1.25 bits per heavy atom. The molecule has 3 rings (SSSR count). The number of carbonyl (C=O) groups excluding carboxylic acids is 1. The van der Waals surface area contributed by atoms with E-state index in [0.717, 1.165) is 12.1 Å². The minimum atomic E-state index is -4.58. The summed E-state index contributed by atoms with van der Waals surface area (Å²) in [5, 5.41) is 4.20. The molecule has 0 bridgehead atoms. The average Bonchev–Trinajstić information content (AvgIpc) is 3.17. The molecule has 0 fully saturated rings. The zero-order valence-electron chi connectivity index (χ0n) is 11.7. The zero-order valence-corrected chi connectivity index (χ0v) is 13.3. The van der Waals surface area contributed by atoms with Crippen LogP contribution in [0.5, 0.6) is 0 Å². The number of aromatic nitrogens is 1. The van der Waals surface area contributed by atoms with Crippen LogP contribution in [0.4, 0.5) is 18.3 Å². The van der Waals surface area contributed by atoms with Crippen molar-refractivity contribution in [3.8, 4) is 11.3 Å². The van der Waals surface area contributed by atoms with Crippen molar-refractivity contribution in [1.82, 2.24) is 4.98 Å². The number of nitrogens with zero attached hydrogens (tertiary/aromatic N) is 1. The minimum absolute atomic E-state index is 0.0382. The summed E-state index contributed by atoms with van der Waals surface area (Å²) in [5.41, 5.74) is -0.799. The van der Waals surface area contributed by atoms with Crippen molar-refractivity contribution < 1.29 is 22.4 Å². The van der Waals surface area contributed by atoms with Crippen molar-refractivity contribution in [3.63, 3.8) is 0 Å². The number of halogens is 4. The third kappa shape index (κ3) is 3.44. The fraction of sp³-hybridized carbons (Fsp3) is 0.0667. The predicted octanol–water partition coefficient (Wildman–Crippen LogP) is 5.33. The number of furan rings is 1. The van der Waals surface area contributed by atoms with Crippen molar-refractivity contribution in [2.45, 2.75) is 6.18 Å². The number of rotatable bonds is 3. The molecule has 0 aliphatic rings. The summed E-state index contributed by atoms with van der Waals surface area (Å²) >= 11 is 6.81. The maximum Gasteiger partial charge on any atom is 0.417 e. The number of hydrogen-bond acceptors (Lipinski definition) is 4. The molecule has 0 aliphatic carbocycles. The second-order valence-electron chi connectivity index (χ2n) is 4.65. The van der Waals surface area contributed by atoms with Crippen LogP contribution < -0.4 is 5.32 Å². The molecule has 0 saturated heterocycles. The standard InChI is InChI=1S/C15H8ClF3N2O2S/c16-10-2-1-8(7-9(10)15(17,18)19)11-3-4-12(23-11)13(22)21-14-20-5-6-24-14/h1-7H,(H,20,21,22). The summed E-state index contributed by atoms with van der Waals surface area (Å²) in [4.78, 5) is 15.9. The van der Waals surface area contributed by atoms with Crippen molar-refractivity contribution >= 4 is 34.0 Å². The topological polar surface area (TPSA) is 55.1 Å². The molecule has 1 amide bonds. The summed E-state index contributed by atoms with van der Waals surface area (Å²) in [7, 11) is 0. The van der Waals surface area contributed by atoms with Crippen molar-refractivity contribution in [2.75, 3.05) is 5.32 Å². The molecule has 3 aromatic rings. The molecular formula is C15H8ClF3N2O2S. The molecule has 0 aliphatic heterocycles. The predicted molar refractivity (Wildman–Crippen MR) is 84.2 cm³/mol. The quantitative estimate of drug-likeness (QED) is 0.676. The van der Waals surface area contributed by atoms with Gasteiger partial charge in [-0.2, -0.15) is 13.2 Å². The first-order chi connectivity index (χ1) is 11.3. The molecule has 1 N–H and O–H groups in total. The Morgan fingerprint density at radius 3 is 2.71 bits per heavy atom. The van der Waals surface area contributed by atoms with E-state index in [0.29, 0.717) is 5.13 Å². The maximum atomic E-state index is 12.9. The first-order valence-electron chi connectivity index (χ1n) is 6.52. The van der Waals surface area contributed by atoms with Gasteiger partial charge in [0.2, 0.25) is 0 Å². The van der Waals surface area contributed by atoms with Crippen molar-refractivity contribution in [3.05, 3.63) is 58.3 Å². The molecule has 0 spiro atoms. The molecule has 9 heteroatoms. The number of amides is 1. The second kappa shape index (κ2) is 6.29. The highest BCUT2D eigenvalue weighted by Crippen LogP contribution is 2.37. The summed E-state index contributed by atoms with van der Waals surface area (Å²) in [6.45, 7) is 0. The van der Waals surface area contributed by atoms with Gasteiger partial charge in [-0.1, -0.05) is 11.6 Å². The van der Waals surface area contributed by atoms with Gasteiger partial charge in [0, 0.05) is 17.1 Å². The van der Waals surface area contributed by atoms with Crippen molar-refractivity contribution in [1.29, 1.82) is 0 Å². The zero-order chi connectivity index (χ0) is 17.3. The fourth-order valence-electron chi connectivity index (χ4n) is 1.95. The minimum Gasteiger partial charge on any atom is -0.451 e. The molecule has 0 radical (unpaired) electrons. The van der Waals surface area contributed by atoms with Gasteiger partial charge >= 0.3 is 6.18 Å². The molecule has 2 aromatic heterocycles. The third-order valence-electron chi connectivity index (χ3n) is 3.04. The van der Waals surface area contributed by atoms with E-state index < -0.39 is 22.7 Å². The van der Waals surface area contributed by atoms with E-state index in [1.54, 1.807) is 5.38 Å². The normalized spacial score (nSPS) is 11.5. The highest BCUT2D eigenvalue weighted by Gasteiger charge is 2.33. The number of anilines is 1. The van der Waals surface area contributed by atoms with Crippen LogP contribution in [-0.4, -0.2) is 10.9 Å². The van der Waals surface area contributed by atoms with Crippen molar-refractivity contribution in [2.24, 2.45) is 0 Å². The number of benzene rings is 1. The Balaban J connectivity index is 1.87. The lowest BCUT2D eigenvalue weighted by Gasteiger charge is -2.09. The van der Waals surface area contributed by atoms with E-state index >= 15 is 0 Å². The molecule has 1 aromatic carbocycles. The van der Waals surface area contributed by atoms with E-state index in [1.807, 2.05) is 0 Å². The van der Waals surface area contributed by atoms with Crippen LogP contribution in [-0.2, 0) is 6.18 Å². The summed E-state index contributed by atoms with van der Waals surface area (Å²) in [6.07, 6.45) is -3.05. The van der Waals surface area contributed by atoms with Gasteiger partial charge in [0.05, 0.1) is 10.6 Å². The molecule has 24 heavy (non-hydrogen) atoms. The highest BCUT2D eigenvalue weighted by molar-refractivity contribution is 7.13. The number of nitrogens with one attached hydrogen (secondary N) is 1. The second-order valence-corrected chi connectivity index (χ2v) is 5.95. The number of carbonyl (C=O) groups is 1. The van der Waals surface area contributed by atoms with Gasteiger partial charge in [0.25, 0.3) is 5.91 Å². The van der Waals surface area contributed by atoms with Gasteiger partial charge in [-0.25, -0.2) is 4.98 Å². The SMILES string of the molecule is O=C(Nc1nccs1)c1ccc(-c2ccc(Cl)c(C(F)(F)F)c2)o1. The van der Waals surface area contributed by atoms with Crippen LogP contribution in [0, 0.1) is 0 Å². The first kappa shape index (κ1) is 16.5. The average molecular weight is 373 g/mol. The Bertz CT molecular complexity index is 875. The van der Waals surface area contributed by atoms with Crippen LogP contribution >= 0.6 is 22.9 Å². The van der Waals surface area contributed by atoms with Gasteiger partial charge in [-0.3, -0.25) is 10.1 Å². The summed E-state index contributed by atoms with van der Waals surface area (Å²) < 4.78 is 44.1. The van der Waals surface area contributed by atoms with E-state index in [1.165, 1.54) is 35.7 Å². The van der Waals surface area contributed by atoms with Gasteiger partial charge in [0.1, 0.15) is 5.76 Å². The monoisotopic (exact) mass is 372 g/mol. The van der Waals surface area contributed by atoms with Gasteiger partial charge in [-0.05, 0) is 30.3 Å². The Morgan fingerprint density at radius 2 is 2.04 bits per heavy atom. The van der Waals surface area contributed by atoms with Gasteiger partial charge < -0.3 is 4.42 Å². The highest BCUT2D eigenvalue weighted by atomic mass is 35.5. The van der Waals surface area contributed by atoms with Crippen LogP contribution in [0.25, 0.3) is 11.3 Å². The molecule has 0 saturated carbocycles. The Labute approximate surface area is 142 Å². The largest absolute Gasteiger partial charge is 0.451 e. The lowest BCUT2D eigenvalue weighted by molar-refractivity contribution is -0.137. The molecule has 0 atom stereocenters. The fourth-order valence-corrected chi connectivity index (χ4v) is 2.70. The molecule has 4 nitrogen and oxygen atoms in total. The first-order valence-corrected chi connectivity index (χ1v) is 7.78.